The van der Waals surface area contributed by atoms with Crippen molar-refractivity contribution in [3.05, 3.63) is 114 Å². The van der Waals surface area contributed by atoms with Gasteiger partial charge in [0.1, 0.15) is 30.5 Å². The van der Waals surface area contributed by atoms with E-state index in [0.29, 0.717) is 31.2 Å². The maximum absolute atomic E-state index is 16.0. The number of likely N-dealkylation sites (N-methyl/N-ethyl adjacent to an activating group) is 3. The zero-order valence-corrected chi connectivity index (χ0v) is 53.4. The predicted octanol–water partition coefficient (Wildman–Crippen LogP) is 8.12. The number of Topliss-reactive ketones (excluding diaryl/α,β-unsaturated/α-hetero) is 2. The molecule has 0 aliphatic carbocycles. The number of hydrogen-bond acceptors (Lipinski definition) is 15. The quantitative estimate of drug-likeness (QED) is 0.104. The van der Waals surface area contributed by atoms with Gasteiger partial charge < -0.3 is 53.3 Å². The number of halogens is 1. The van der Waals surface area contributed by atoms with Gasteiger partial charge in [0, 0.05) is 52.6 Å². The van der Waals surface area contributed by atoms with Crippen LogP contribution in [-0.4, -0.2) is 171 Å². The fraction of sp³-hybridized carbons (Fsp3) is 0.515. The highest BCUT2D eigenvalue weighted by Crippen LogP contribution is 2.36. The molecule has 0 spiro atoms. The second-order valence-electron chi connectivity index (χ2n) is 24.5. The number of hydrogen-bond donors (Lipinski definition) is 1. The number of esters is 2. The number of carbonyl (C=O) groups excluding carboxylic acids is 9. The summed E-state index contributed by atoms with van der Waals surface area (Å²) in [5.74, 6) is -7.64. The first kappa shape index (κ1) is 69.9. The van der Waals surface area contributed by atoms with E-state index in [2.05, 4.69) is 5.32 Å². The molecule has 4 aromatic carbocycles. The molecule has 5 amide bonds. The number of piperidine rings is 1. The number of aryl methyl sites for hydroxylation is 1. The number of nitrogens with one attached hydrogen (secondary N) is 1. The number of fused-ring (bicyclic) bond motifs is 4. The molecule has 5 atom stereocenters. The molecule has 2 aliphatic heterocycles. The number of rotatable bonds is 12. The van der Waals surface area contributed by atoms with Crippen LogP contribution in [0.3, 0.4) is 0 Å². The van der Waals surface area contributed by atoms with Crippen molar-refractivity contribution in [2.45, 2.75) is 142 Å². The molecule has 1 N–H and O–H groups in total. The third-order valence-electron chi connectivity index (χ3n) is 16.2. The SMILES string of the molecule is CCCC[C@H]1C(=O)C[C@@H](Cc2ccc3ccccc3c2)C(=O)N(C)[C@@H](COC(C)(C)C)C(=O)NCC(=O)N(C)CCC=CC(=O)OCC(C)(C)C(=O)C(=O)N2CCCC[C@H]2C(=O)O[C@H](CCc2ccc(OC)c(OC)c2F)c2cccc(c2)OCC(=O)N1C. The summed E-state index contributed by atoms with van der Waals surface area (Å²) in [6.07, 6.45) is 4.17. The monoisotopic (exact) mass is 1230 g/mol. The van der Waals surface area contributed by atoms with Crippen LogP contribution in [0.25, 0.3) is 10.8 Å². The summed E-state index contributed by atoms with van der Waals surface area (Å²) in [6, 6.07) is 19.6. The third-order valence-corrected chi connectivity index (χ3v) is 16.2. The van der Waals surface area contributed by atoms with Crippen molar-refractivity contribution >= 4 is 63.8 Å². The van der Waals surface area contributed by atoms with Crippen LogP contribution in [0.5, 0.6) is 17.2 Å². The van der Waals surface area contributed by atoms with E-state index in [1.807, 2.05) is 49.4 Å². The van der Waals surface area contributed by atoms with Crippen LogP contribution in [0.15, 0.2) is 91.0 Å². The Hall–Kier alpha value is -8.20. The lowest BCUT2D eigenvalue weighted by Crippen LogP contribution is -2.54. The molecule has 0 unspecified atom stereocenters. The lowest BCUT2D eigenvalue weighted by atomic mass is 9.87. The minimum absolute atomic E-state index is 0.00442. The Bertz CT molecular complexity index is 3210. The summed E-state index contributed by atoms with van der Waals surface area (Å²) < 4.78 is 50.6. The van der Waals surface area contributed by atoms with Gasteiger partial charge in [0.15, 0.2) is 29.7 Å². The Morgan fingerprint density at radius 3 is 2.24 bits per heavy atom. The molecule has 2 bridgehead atoms. The highest BCUT2D eigenvalue weighted by atomic mass is 19.1. The summed E-state index contributed by atoms with van der Waals surface area (Å²) in [6.45, 7) is 8.68. The Morgan fingerprint density at radius 1 is 0.787 bits per heavy atom. The number of benzene rings is 4. The van der Waals surface area contributed by atoms with Crippen molar-refractivity contribution in [1.29, 1.82) is 0 Å². The summed E-state index contributed by atoms with van der Waals surface area (Å²) in [5.41, 5.74) is -0.915. The van der Waals surface area contributed by atoms with E-state index in [1.165, 1.54) is 81.0 Å². The van der Waals surface area contributed by atoms with Crippen LogP contribution in [-0.2, 0) is 70.2 Å². The van der Waals surface area contributed by atoms with E-state index in [1.54, 1.807) is 51.1 Å². The minimum atomic E-state index is -1.53. The average Bonchev–Trinajstić information content (AvgIpc) is 1.93. The fourth-order valence-electron chi connectivity index (χ4n) is 10.7. The van der Waals surface area contributed by atoms with Crippen molar-refractivity contribution in [3.8, 4) is 17.2 Å². The Balaban J connectivity index is 1.36. The lowest BCUT2D eigenvalue weighted by molar-refractivity contribution is -0.165. The smallest absolute Gasteiger partial charge is 0.330 e. The van der Waals surface area contributed by atoms with Crippen LogP contribution in [0.4, 0.5) is 4.39 Å². The molecule has 0 radical (unpaired) electrons. The number of carbonyl (C=O) groups is 9. The van der Waals surface area contributed by atoms with Crippen LogP contribution in [0, 0.1) is 17.2 Å². The Morgan fingerprint density at radius 2 is 1.53 bits per heavy atom. The minimum Gasteiger partial charge on any atom is -0.493 e. The van der Waals surface area contributed by atoms with E-state index < -0.39 is 120 Å². The summed E-state index contributed by atoms with van der Waals surface area (Å²) >= 11 is 0. The molecule has 2 aliphatic rings. The first-order valence-electron chi connectivity index (χ1n) is 30.5. The molecular weight excluding hydrogens is 1150 g/mol. The number of ketones is 2. The van der Waals surface area contributed by atoms with E-state index in [0.717, 1.165) is 22.4 Å². The molecule has 1 saturated heterocycles. The number of nitrogens with zero attached hydrogens (tertiary/aromatic N) is 4. The van der Waals surface area contributed by atoms with Gasteiger partial charge in [-0.05, 0) is 132 Å². The number of methoxy groups -OCH3 is 2. The van der Waals surface area contributed by atoms with Crippen molar-refractivity contribution in [3.63, 3.8) is 0 Å². The van der Waals surface area contributed by atoms with Gasteiger partial charge in [-0.25, -0.2) is 14.0 Å². The Kier molecular flexibility index (Phi) is 25.4. The van der Waals surface area contributed by atoms with Gasteiger partial charge in [-0.3, -0.25) is 33.6 Å². The van der Waals surface area contributed by atoms with Gasteiger partial charge in [-0.1, -0.05) is 86.5 Å². The number of unbranched alkanes of at least 4 members (excludes halogenated alkanes) is 1. The van der Waals surface area contributed by atoms with Crippen molar-refractivity contribution in [2.75, 3.05) is 74.8 Å². The molecule has 6 rings (SSSR count). The van der Waals surface area contributed by atoms with Gasteiger partial charge in [0.05, 0.1) is 44.4 Å². The maximum atomic E-state index is 16.0. The number of amides is 5. The zero-order valence-electron chi connectivity index (χ0n) is 53.4. The summed E-state index contributed by atoms with van der Waals surface area (Å²) in [7, 11) is 7.18. The normalized spacial score (nSPS) is 21.6. The molecule has 4 aromatic rings. The molecule has 89 heavy (non-hydrogen) atoms. The predicted molar refractivity (Wildman–Crippen MR) is 331 cm³/mol. The summed E-state index contributed by atoms with van der Waals surface area (Å²) in [4.78, 5) is 133. The average molecular weight is 1230 g/mol. The van der Waals surface area contributed by atoms with E-state index >= 15 is 9.18 Å². The van der Waals surface area contributed by atoms with Gasteiger partial charge in [-0.15, -0.1) is 0 Å². The zero-order chi connectivity index (χ0) is 65.2. The van der Waals surface area contributed by atoms with Crippen LogP contribution >= 0.6 is 0 Å². The Labute approximate surface area is 521 Å². The standard InChI is InChI=1S/C68H88FN5O15/c1-12-13-25-51-54(75)39-49(37-44-28-29-45-21-14-15-22-47(45)36-44)64(81)73(9)53(41-88-67(2,3)4)63(80)70-40-57(76)71(7)34-18-17-27-59(78)87-43-68(5,6)62(79)65(82)74-35-19-16-26-52(74)66(83)89-55(32-30-46-31-33-56(84-10)61(85-11)60(46)69)48-23-20-24-50(38-48)86-42-58(77)72(51)8/h14-15,17,20-24,27-29,31,33,36,38,49,51-53,55H,12-13,16,18-19,25-26,30,32,34-35,37,39-43H2,1-11H3,(H,70,80)/t49-,51+,52+,53+,55-/m1/s1. The van der Waals surface area contributed by atoms with Gasteiger partial charge in [0.2, 0.25) is 23.5 Å². The highest BCUT2D eigenvalue weighted by Gasteiger charge is 2.43. The molecule has 482 valence electrons. The third kappa shape index (κ3) is 19.4. The molecule has 1 fully saturated rings. The van der Waals surface area contributed by atoms with Crippen LogP contribution in [0.1, 0.15) is 122 Å². The molecular formula is C68H88FN5O15. The van der Waals surface area contributed by atoms with Crippen LogP contribution in [0.2, 0.25) is 0 Å². The van der Waals surface area contributed by atoms with Crippen molar-refractivity contribution in [2.24, 2.45) is 11.3 Å². The van der Waals surface area contributed by atoms with Crippen molar-refractivity contribution in [1.82, 2.24) is 24.9 Å². The second-order valence-corrected chi connectivity index (χ2v) is 24.5. The first-order valence-corrected chi connectivity index (χ1v) is 30.5. The lowest BCUT2D eigenvalue weighted by Gasteiger charge is -2.36. The largest absolute Gasteiger partial charge is 0.493 e. The molecule has 21 heteroatoms. The summed E-state index contributed by atoms with van der Waals surface area (Å²) in [5, 5.41) is 4.56. The highest BCUT2D eigenvalue weighted by molar-refractivity contribution is 6.38. The van der Waals surface area contributed by atoms with E-state index in [4.69, 9.17) is 28.4 Å². The molecule has 0 aromatic heterocycles. The number of cyclic esters (lactones) is 2. The van der Waals surface area contributed by atoms with Gasteiger partial charge in [-0.2, -0.15) is 0 Å². The van der Waals surface area contributed by atoms with Crippen LogP contribution < -0.4 is 19.5 Å². The van der Waals surface area contributed by atoms with Gasteiger partial charge >= 0.3 is 11.9 Å². The first-order chi connectivity index (χ1) is 42.3. The van der Waals surface area contributed by atoms with E-state index in [9.17, 15) is 38.4 Å². The van der Waals surface area contributed by atoms with E-state index in [-0.39, 0.29) is 87.5 Å². The van der Waals surface area contributed by atoms with Gasteiger partial charge in [0.25, 0.3) is 11.8 Å². The topological polar surface area (TPSA) is 234 Å². The number of ether oxygens (including phenoxy) is 6. The molecule has 20 nitrogen and oxygen atoms in total. The van der Waals surface area contributed by atoms with Crippen molar-refractivity contribution < 1.29 is 76.0 Å². The fourth-order valence-corrected chi connectivity index (χ4v) is 10.7. The second kappa shape index (κ2) is 32.3. The molecule has 2 heterocycles. The molecule has 0 saturated carbocycles. The maximum Gasteiger partial charge on any atom is 0.330 e.